The number of para-hydroxylation sites is 1. The number of hydrogen-bond acceptors (Lipinski definition) is 3. The van der Waals surface area contributed by atoms with E-state index in [4.69, 9.17) is 0 Å². The maximum atomic E-state index is 12.7. The first-order valence-corrected chi connectivity index (χ1v) is 10.1. The van der Waals surface area contributed by atoms with Crippen LogP contribution in [0.25, 0.3) is 0 Å². The van der Waals surface area contributed by atoms with E-state index in [9.17, 15) is 4.79 Å². The molecule has 0 atom stereocenters. The van der Waals surface area contributed by atoms with Gasteiger partial charge in [-0.2, -0.15) is 0 Å². The van der Waals surface area contributed by atoms with Gasteiger partial charge in [-0.1, -0.05) is 48.0 Å². The fourth-order valence-electron chi connectivity index (χ4n) is 4.23. The summed E-state index contributed by atoms with van der Waals surface area (Å²) < 4.78 is 0. The topological polar surface area (TPSA) is 26.8 Å². The molecule has 27 heavy (non-hydrogen) atoms. The molecule has 142 valence electrons. The molecule has 0 aromatic heterocycles. The number of benzene rings is 2. The van der Waals surface area contributed by atoms with Gasteiger partial charge in [0.15, 0.2) is 0 Å². The zero-order valence-electron chi connectivity index (χ0n) is 16.2. The SMILES string of the molecule is Cc1cccc(CN2CCN(CCC(=O)N3CCc4ccccc43)CC2)c1. The van der Waals surface area contributed by atoms with Crippen molar-refractivity contribution in [3.63, 3.8) is 0 Å². The lowest BCUT2D eigenvalue weighted by atomic mass is 10.1. The minimum absolute atomic E-state index is 0.266. The van der Waals surface area contributed by atoms with Crippen molar-refractivity contribution < 1.29 is 4.79 Å². The molecule has 4 heteroatoms. The number of nitrogens with zero attached hydrogens (tertiary/aromatic N) is 3. The molecule has 2 aliphatic heterocycles. The molecule has 2 aromatic carbocycles. The van der Waals surface area contributed by atoms with Crippen LogP contribution in [0.5, 0.6) is 0 Å². The van der Waals surface area contributed by atoms with E-state index in [0.717, 1.165) is 57.9 Å². The number of amides is 1. The summed E-state index contributed by atoms with van der Waals surface area (Å²) in [6.45, 7) is 9.14. The Bertz CT molecular complexity index is 796. The number of piperazine rings is 1. The maximum Gasteiger partial charge on any atom is 0.228 e. The van der Waals surface area contributed by atoms with Gasteiger partial charge in [0.1, 0.15) is 0 Å². The standard InChI is InChI=1S/C23H29N3O/c1-19-5-4-6-20(17-19)18-25-15-13-24(14-16-25)11-10-23(27)26-12-9-21-7-2-3-8-22(21)26/h2-8,17H,9-16,18H2,1H3. The van der Waals surface area contributed by atoms with Gasteiger partial charge in [-0.25, -0.2) is 0 Å². The van der Waals surface area contributed by atoms with E-state index in [-0.39, 0.29) is 5.91 Å². The van der Waals surface area contributed by atoms with Crippen LogP contribution >= 0.6 is 0 Å². The number of hydrogen-bond donors (Lipinski definition) is 0. The molecule has 1 saturated heterocycles. The molecule has 0 saturated carbocycles. The summed E-state index contributed by atoms with van der Waals surface area (Å²) in [5.74, 6) is 0.266. The van der Waals surface area contributed by atoms with Crippen LogP contribution in [0.3, 0.4) is 0 Å². The summed E-state index contributed by atoms with van der Waals surface area (Å²) in [6, 6.07) is 17.1. The Morgan fingerprint density at radius 2 is 1.70 bits per heavy atom. The fourth-order valence-corrected chi connectivity index (χ4v) is 4.23. The molecule has 4 rings (SSSR count). The third-order valence-electron chi connectivity index (χ3n) is 5.78. The molecule has 2 aromatic rings. The molecule has 2 aliphatic rings. The van der Waals surface area contributed by atoms with Crippen molar-refractivity contribution in [3.8, 4) is 0 Å². The predicted octanol–water partition coefficient (Wildman–Crippen LogP) is 3.09. The van der Waals surface area contributed by atoms with Crippen molar-refractivity contribution in [1.29, 1.82) is 0 Å². The van der Waals surface area contributed by atoms with E-state index >= 15 is 0 Å². The molecule has 0 N–H and O–H groups in total. The van der Waals surface area contributed by atoms with Crippen molar-refractivity contribution in [2.45, 2.75) is 26.3 Å². The van der Waals surface area contributed by atoms with Crippen LogP contribution in [-0.4, -0.2) is 55.0 Å². The van der Waals surface area contributed by atoms with Crippen molar-refractivity contribution >= 4 is 11.6 Å². The normalized spacial score (nSPS) is 17.9. The summed E-state index contributed by atoms with van der Waals surface area (Å²) in [6.07, 6.45) is 1.60. The fraction of sp³-hybridized carbons (Fsp3) is 0.435. The first-order valence-electron chi connectivity index (χ1n) is 10.1. The third-order valence-corrected chi connectivity index (χ3v) is 5.78. The van der Waals surface area contributed by atoms with Crippen molar-refractivity contribution in [3.05, 3.63) is 65.2 Å². The number of aryl methyl sites for hydroxylation is 1. The average Bonchev–Trinajstić information content (AvgIpc) is 3.11. The molecular weight excluding hydrogens is 334 g/mol. The molecular formula is C23H29N3O. The van der Waals surface area contributed by atoms with Gasteiger partial charge in [0.05, 0.1) is 0 Å². The quantitative estimate of drug-likeness (QED) is 0.817. The lowest BCUT2D eigenvalue weighted by Gasteiger charge is -2.34. The van der Waals surface area contributed by atoms with Crippen molar-refractivity contribution in [1.82, 2.24) is 9.80 Å². The molecule has 0 aliphatic carbocycles. The number of carbonyl (C=O) groups excluding carboxylic acids is 1. The highest BCUT2D eigenvalue weighted by Gasteiger charge is 2.25. The van der Waals surface area contributed by atoms with Crippen LogP contribution in [0.4, 0.5) is 5.69 Å². The average molecular weight is 364 g/mol. The number of fused-ring (bicyclic) bond motifs is 1. The molecule has 1 amide bonds. The first kappa shape index (κ1) is 18.2. The monoisotopic (exact) mass is 363 g/mol. The van der Waals surface area contributed by atoms with E-state index in [1.165, 1.54) is 16.7 Å². The van der Waals surface area contributed by atoms with Crippen molar-refractivity contribution in [2.24, 2.45) is 0 Å². The van der Waals surface area contributed by atoms with Crippen LogP contribution in [-0.2, 0) is 17.8 Å². The second-order valence-corrected chi connectivity index (χ2v) is 7.78. The lowest BCUT2D eigenvalue weighted by molar-refractivity contribution is -0.118. The van der Waals surface area contributed by atoms with E-state index in [0.29, 0.717) is 6.42 Å². The van der Waals surface area contributed by atoms with Gasteiger partial charge >= 0.3 is 0 Å². The van der Waals surface area contributed by atoms with E-state index in [2.05, 4.69) is 59.2 Å². The Labute approximate surface area is 162 Å². The van der Waals surface area contributed by atoms with Gasteiger partial charge in [-0.15, -0.1) is 0 Å². The summed E-state index contributed by atoms with van der Waals surface area (Å²) in [7, 11) is 0. The van der Waals surface area contributed by atoms with Crippen LogP contribution in [0.2, 0.25) is 0 Å². The Morgan fingerprint density at radius 3 is 2.52 bits per heavy atom. The third kappa shape index (κ3) is 4.40. The highest BCUT2D eigenvalue weighted by Crippen LogP contribution is 2.27. The van der Waals surface area contributed by atoms with Gasteiger partial charge < -0.3 is 9.80 Å². The molecule has 0 bridgehead atoms. The molecule has 0 radical (unpaired) electrons. The number of carbonyl (C=O) groups is 1. The minimum atomic E-state index is 0.266. The van der Waals surface area contributed by atoms with Gasteiger partial charge in [-0.05, 0) is 30.5 Å². The molecule has 0 unspecified atom stereocenters. The summed E-state index contributed by atoms with van der Waals surface area (Å²) in [5.41, 5.74) is 5.14. The molecule has 0 spiro atoms. The van der Waals surface area contributed by atoms with Crippen LogP contribution in [0.15, 0.2) is 48.5 Å². The Kier molecular flexibility index (Phi) is 5.55. The van der Waals surface area contributed by atoms with E-state index < -0.39 is 0 Å². The predicted molar refractivity (Wildman–Crippen MR) is 110 cm³/mol. The first-order chi connectivity index (χ1) is 13.2. The second-order valence-electron chi connectivity index (χ2n) is 7.78. The van der Waals surface area contributed by atoms with Crippen LogP contribution in [0, 0.1) is 6.92 Å². The summed E-state index contributed by atoms with van der Waals surface area (Å²) >= 11 is 0. The molecule has 1 fully saturated rings. The summed E-state index contributed by atoms with van der Waals surface area (Å²) in [5, 5.41) is 0. The Hall–Kier alpha value is -2.17. The van der Waals surface area contributed by atoms with Gasteiger partial charge in [0.2, 0.25) is 5.91 Å². The van der Waals surface area contributed by atoms with Crippen LogP contribution in [0.1, 0.15) is 23.1 Å². The van der Waals surface area contributed by atoms with Crippen molar-refractivity contribution in [2.75, 3.05) is 44.2 Å². The minimum Gasteiger partial charge on any atom is -0.312 e. The second kappa shape index (κ2) is 8.24. The Balaban J connectivity index is 1.22. The largest absolute Gasteiger partial charge is 0.312 e. The van der Waals surface area contributed by atoms with Gasteiger partial charge in [0.25, 0.3) is 0 Å². The zero-order valence-corrected chi connectivity index (χ0v) is 16.2. The highest BCUT2D eigenvalue weighted by atomic mass is 16.2. The number of rotatable bonds is 5. The van der Waals surface area contributed by atoms with Gasteiger partial charge in [0, 0.05) is 57.9 Å². The zero-order chi connectivity index (χ0) is 18.6. The summed E-state index contributed by atoms with van der Waals surface area (Å²) in [4.78, 5) is 19.6. The lowest BCUT2D eigenvalue weighted by Crippen LogP contribution is -2.46. The van der Waals surface area contributed by atoms with E-state index in [1.807, 2.05) is 11.0 Å². The molecule has 4 nitrogen and oxygen atoms in total. The number of anilines is 1. The Morgan fingerprint density at radius 1 is 0.926 bits per heavy atom. The highest BCUT2D eigenvalue weighted by molar-refractivity contribution is 5.95. The van der Waals surface area contributed by atoms with Crippen LogP contribution < -0.4 is 4.90 Å². The smallest absolute Gasteiger partial charge is 0.228 e. The molecule has 2 heterocycles. The van der Waals surface area contributed by atoms with Gasteiger partial charge in [-0.3, -0.25) is 9.69 Å². The maximum absolute atomic E-state index is 12.7. The van der Waals surface area contributed by atoms with E-state index in [1.54, 1.807) is 0 Å².